The highest BCUT2D eigenvalue weighted by Gasteiger charge is 2.19. The van der Waals surface area contributed by atoms with Crippen LogP contribution in [0.4, 0.5) is 5.69 Å². The second kappa shape index (κ2) is 8.52. The lowest BCUT2D eigenvalue weighted by molar-refractivity contribution is -0.132. The van der Waals surface area contributed by atoms with Crippen LogP contribution in [0.3, 0.4) is 0 Å². The van der Waals surface area contributed by atoms with E-state index in [0.717, 1.165) is 30.8 Å². The fourth-order valence-corrected chi connectivity index (χ4v) is 3.21. The quantitative estimate of drug-likeness (QED) is 0.494. The van der Waals surface area contributed by atoms with Gasteiger partial charge in [0.1, 0.15) is 0 Å². The number of carbonyl (C=O) groups is 1. The molecule has 0 atom stereocenters. The van der Waals surface area contributed by atoms with E-state index in [1.807, 2.05) is 42.2 Å². The number of carbonyl (C=O) groups excluding carboxylic acids is 1. The van der Waals surface area contributed by atoms with Crippen LogP contribution in [0.25, 0.3) is 0 Å². The Balaban J connectivity index is 1.42. The topological polar surface area (TPSA) is 70.7 Å². The third kappa shape index (κ3) is 4.85. The molecule has 1 amide bonds. The number of hydrogen-bond donors (Lipinski definition) is 2. The van der Waals surface area contributed by atoms with Crippen LogP contribution >= 0.6 is 0 Å². The summed E-state index contributed by atoms with van der Waals surface area (Å²) in [6, 6.07) is 16.3. The van der Waals surface area contributed by atoms with Gasteiger partial charge in [-0.15, -0.1) is 0 Å². The van der Waals surface area contributed by atoms with E-state index in [2.05, 4.69) is 28.5 Å². The van der Waals surface area contributed by atoms with E-state index in [0.29, 0.717) is 25.3 Å². The first-order valence-corrected chi connectivity index (χ1v) is 9.10. The van der Waals surface area contributed by atoms with Gasteiger partial charge in [-0.3, -0.25) is 9.79 Å². The van der Waals surface area contributed by atoms with Crippen molar-refractivity contribution in [3.05, 3.63) is 65.2 Å². The summed E-state index contributed by atoms with van der Waals surface area (Å²) in [6.07, 6.45) is 2.14. The maximum Gasteiger partial charge on any atom is 0.222 e. The van der Waals surface area contributed by atoms with Gasteiger partial charge in [0.2, 0.25) is 5.91 Å². The van der Waals surface area contributed by atoms with Crippen LogP contribution in [0.1, 0.15) is 29.5 Å². The van der Waals surface area contributed by atoms with E-state index >= 15 is 0 Å². The van der Waals surface area contributed by atoms with Crippen molar-refractivity contribution >= 4 is 17.6 Å². The fraction of sp³-hybridized carbons (Fsp3) is 0.333. The lowest BCUT2D eigenvalue weighted by Gasteiger charge is -2.28. The van der Waals surface area contributed by atoms with Crippen molar-refractivity contribution in [2.75, 3.05) is 18.4 Å². The molecule has 0 bridgehead atoms. The van der Waals surface area contributed by atoms with Gasteiger partial charge in [0.25, 0.3) is 0 Å². The molecule has 3 rings (SSSR count). The van der Waals surface area contributed by atoms with Gasteiger partial charge in [-0.25, -0.2) is 0 Å². The van der Waals surface area contributed by atoms with E-state index in [-0.39, 0.29) is 5.91 Å². The lowest BCUT2D eigenvalue weighted by Crippen LogP contribution is -2.35. The Labute approximate surface area is 154 Å². The van der Waals surface area contributed by atoms with Crippen LogP contribution in [-0.2, 0) is 17.8 Å². The number of nitrogens with two attached hydrogens (primary N) is 1. The molecule has 0 aliphatic carbocycles. The number of aryl methyl sites for hydroxylation is 1. The van der Waals surface area contributed by atoms with Crippen LogP contribution in [0.15, 0.2) is 53.5 Å². The van der Waals surface area contributed by atoms with Gasteiger partial charge in [0, 0.05) is 31.7 Å². The van der Waals surface area contributed by atoms with Crippen molar-refractivity contribution in [1.29, 1.82) is 0 Å². The predicted octanol–water partition coefficient (Wildman–Crippen LogP) is 3.09. The zero-order chi connectivity index (χ0) is 18.4. The normalized spacial score (nSPS) is 14.0. The van der Waals surface area contributed by atoms with Crippen molar-refractivity contribution in [1.82, 2.24) is 4.90 Å². The number of benzene rings is 2. The molecule has 1 aliphatic heterocycles. The minimum atomic E-state index is 0.194. The first-order chi connectivity index (χ1) is 12.6. The number of nitrogens with one attached hydrogen (secondary N) is 1. The highest BCUT2D eigenvalue weighted by atomic mass is 16.2. The highest BCUT2D eigenvalue weighted by molar-refractivity contribution is 5.92. The van der Waals surface area contributed by atoms with Crippen LogP contribution < -0.4 is 11.1 Å². The summed E-state index contributed by atoms with van der Waals surface area (Å²) < 4.78 is 0. The van der Waals surface area contributed by atoms with Gasteiger partial charge in [0.05, 0.1) is 0 Å². The second-order valence-corrected chi connectivity index (χ2v) is 6.70. The molecule has 3 N–H and O–H groups in total. The van der Waals surface area contributed by atoms with E-state index in [4.69, 9.17) is 5.73 Å². The summed E-state index contributed by atoms with van der Waals surface area (Å²) in [5.41, 5.74) is 10.6. The molecule has 0 saturated heterocycles. The number of guanidine groups is 1. The average molecular weight is 350 g/mol. The highest BCUT2D eigenvalue weighted by Crippen LogP contribution is 2.19. The molecule has 0 aromatic heterocycles. The van der Waals surface area contributed by atoms with E-state index in [1.165, 1.54) is 11.1 Å². The Hall–Kier alpha value is -2.82. The molecule has 1 aliphatic rings. The molecular weight excluding hydrogens is 324 g/mol. The molecule has 5 heteroatoms. The summed E-state index contributed by atoms with van der Waals surface area (Å²) in [7, 11) is 0. The Kier molecular flexibility index (Phi) is 5.89. The third-order valence-electron chi connectivity index (χ3n) is 4.60. The number of rotatable bonds is 5. The predicted molar refractivity (Wildman–Crippen MR) is 106 cm³/mol. The summed E-state index contributed by atoms with van der Waals surface area (Å²) in [5, 5.41) is 3.08. The molecule has 0 saturated carbocycles. The number of amides is 1. The van der Waals surface area contributed by atoms with Gasteiger partial charge in [0.15, 0.2) is 5.96 Å². The summed E-state index contributed by atoms with van der Waals surface area (Å²) in [5.74, 6) is 0.579. The van der Waals surface area contributed by atoms with E-state index in [9.17, 15) is 4.79 Å². The third-order valence-corrected chi connectivity index (χ3v) is 4.60. The Morgan fingerprint density at radius 1 is 1.19 bits per heavy atom. The maximum atomic E-state index is 12.4. The molecule has 0 unspecified atom stereocenters. The van der Waals surface area contributed by atoms with E-state index < -0.39 is 0 Å². The van der Waals surface area contributed by atoms with Crippen LogP contribution in [-0.4, -0.2) is 29.9 Å². The monoisotopic (exact) mass is 350 g/mol. The van der Waals surface area contributed by atoms with Gasteiger partial charge in [-0.1, -0.05) is 36.4 Å². The standard InChI is InChI=1S/C21H26N4O/c1-16-6-4-9-19(14-16)24-21(22)23-12-5-10-20(26)25-13-11-17-7-2-3-8-18(17)15-25/h2-4,6-9,14H,5,10-13,15H2,1H3,(H3,22,23,24). The number of anilines is 1. The molecule has 5 nitrogen and oxygen atoms in total. The molecule has 0 fully saturated rings. The minimum absolute atomic E-state index is 0.194. The maximum absolute atomic E-state index is 12.4. The molecular formula is C21H26N4O. The SMILES string of the molecule is Cc1cccc(NC(N)=NCCCC(=O)N2CCc3ccccc3C2)c1. The molecule has 2 aromatic carbocycles. The largest absolute Gasteiger partial charge is 0.370 e. The lowest BCUT2D eigenvalue weighted by atomic mass is 9.99. The Morgan fingerprint density at radius 2 is 2.00 bits per heavy atom. The number of fused-ring (bicyclic) bond motifs is 1. The molecule has 136 valence electrons. The van der Waals surface area contributed by atoms with Crippen molar-refractivity contribution in [3.63, 3.8) is 0 Å². The molecule has 0 radical (unpaired) electrons. The van der Waals surface area contributed by atoms with Crippen molar-refractivity contribution < 1.29 is 4.79 Å². The van der Waals surface area contributed by atoms with Crippen molar-refractivity contribution in [2.24, 2.45) is 10.7 Å². The second-order valence-electron chi connectivity index (χ2n) is 6.70. The Bertz CT molecular complexity index is 800. The summed E-state index contributed by atoms with van der Waals surface area (Å²) >= 11 is 0. The average Bonchev–Trinajstić information content (AvgIpc) is 2.64. The minimum Gasteiger partial charge on any atom is -0.370 e. The van der Waals surface area contributed by atoms with Crippen molar-refractivity contribution in [3.8, 4) is 0 Å². The van der Waals surface area contributed by atoms with Gasteiger partial charge in [-0.2, -0.15) is 0 Å². The Morgan fingerprint density at radius 3 is 2.81 bits per heavy atom. The number of hydrogen-bond acceptors (Lipinski definition) is 2. The van der Waals surface area contributed by atoms with Crippen LogP contribution in [0.2, 0.25) is 0 Å². The molecule has 0 spiro atoms. The zero-order valence-corrected chi connectivity index (χ0v) is 15.2. The van der Waals surface area contributed by atoms with Gasteiger partial charge >= 0.3 is 0 Å². The smallest absolute Gasteiger partial charge is 0.222 e. The molecule has 1 heterocycles. The first kappa shape index (κ1) is 18.0. The van der Waals surface area contributed by atoms with Gasteiger partial charge in [-0.05, 0) is 48.6 Å². The summed E-state index contributed by atoms with van der Waals surface area (Å²) in [6.45, 7) is 4.09. The number of aliphatic imine (C=N–C) groups is 1. The first-order valence-electron chi connectivity index (χ1n) is 9.10. The van der Waals surface area contributed by atoms with Crippen LogP contribution in [0, 0.1) is 6.92 Å². The fourth-order valence-electron chi connectivity index (χ4n) is 3.21. The van der Waals surface area contributed by atoms with Crippen molar-refractivity contribution in [2.45, 2.75) is 32.7 Å². The number of nitrogens with zero attached hydrogens (tertiary/aromatic N) is 2. The summed E-state index contributed by atoms with van der Waals surface area (Å²) in [4.78, 5) is 18.7. The molecule has 26 heavy (non-hydrogen) atoms. The molecule has 2 aromatic rings. The zero-order valence-electron chi connectivity index (χ0n) is 15.2. The van der Waals surface area contributed by atoms with Crippen LogP contribution in [0.5, 0.6) is 0 Å². The van der Waals surface area contributed by atoms with Gasteiger partial charge < -0.3 is 16.0 Å². The van der Waals surface area contributed by atoms with E-state index in [1.54, 1.807) is 0 Å².